The Morgan fingerprint density at radius 1 is 1.09 bits per heavy atom. The van der Waals surface area contributed by atoms with Crippen molar-refractivity contribution < 1.29 is 9.90 Å². The Bertz CT molecular complexity index is 762. The fourth-order valence-corrected chi connectivity index (χ4v) is 2.78. The summed E-state index contributed by atoms with van der Waals surface area (Å²) in [7, 11) is 0. The molecule has 0 unspecified atom stereocenters. The van der Waals surface area contributed by atoms with Crippen molar-refractivity contribution in [3.8, 4) is 5.75 Å². The lowest BCUT2D eigenvalue weighted by Gasteiger charge is -1.96. The Balaban J connectivity index is 1.80. The second-order valence-electron chi connectivity index (χ2n) is 4.91. The van der Waals surface area contributed by atoms with Gasteiger partial charge in [-0.05, 0) is 54.6 Å². The molecule has 22 heavy (non-hydrogen) atoms. The van der Waals surface area contributed by atoms with E-state index in [0.29, 0.717) is 15.8 Å². The first-order valence-corrected chi connectivity index (χ1v) is 7.57. The summed E-state index contributed by atoms with van der Waals surface area (Å²) < 4.78 is 0. The second-order valence-corrected chi connectivity index (χ2v) is 5.94. The zero-order chi connectivity index (χ0) is 15.5. The Labute approximate surface area is 132 Å². The SMILES string of the molecule is Cc1ccc(/C=C2/SC(=Nc3ccc(O)cc3)NC2=O)cc1. The largest absolute Gasteiger partial charge is 0.508 e. The third-order valence-corrected chi connectivity index (χ3v) is 4.02. The van der Waals surface area contributed by atoms with Gasteiger partial charge in [-0.15, -0.1) is 0 Å². The molecule has 0 bridgehead atoms. The van der Waals surface area contributed by atoms with Crippen molar-refractivity contribution in [1.82, 2.24) is 5.32 Å². The summed E-state index contributed by atoms with van der Waals surface area (Å²) in [6.45, 7) is 2.02. The number of amides is 1. The zero-order valence-electron chi connectivity index (χ0n) is 11.9. The predicted molar refractivity (Wildman–Crippen MR) is 90.1 cm³/mol. The van der Waals surface area contributed by atoms with Crippen LogP contribution in [0.5, 0.6) is 5.75 Å². The van der Waals surface area contributed by atoms with Crippen LogP contribution in [0.3, 0.4) is 0 Å². The van der Waals surface area contributed by atoms with Crippen LogP contribution >= 0.6 is 11.8 Å². The van der Waals surface area contributed by atoms with E-state index >= 15 is 0 Å². The number of carbonyl (C=O) groups excluding carboxylic acids is 1. The molecule has 1 saturated heterocycles. The molecule has 5 heteroatoms. The van der Waals surface area contributed by atoms with Crippen molar-refractivity contribution >= 4 is 34.6 Å². The highest BCUT2D eigenvalue weighted by Gasteiger charge is 2.23. The highest BCUT2D eigenvalue weighted by molar-refractivity contribution is 8.18. The normalized spacial score (nSPS) is 18.0. The van der Waals surface area contributed by atoms with Crippen LogP contribution in [0.4, 0.5) is 5.69 Å². The number of amidine groups is 1. The number of phenols is 1. The zero-order valence-corrected chi connectivity index (χ0v) is 12.7. The van der Waals surface area contributed by atoms with Crippen molar-refractivity contribution in [2.45, 2.75) is 6.92 Å². The quantitative estimate of drug-likeness (QED) is 0.833. The van der Waals surface area contributed by atoms with Crippen molar-refractivity contribution in [2.75, 3.05) is 0 Å². The van der Waals surface area contributed by atoms with Gasteiger partial charge >= 0.3 is 0 Å². The highest BCUT2D eigenvalue weighted by Crippen LogP contribution is 2.28. The van der Waals surface area contributed by atoms with E-state index in [1.54, 1.807) is 24.3 Å². The van der Waals surface area contributed by atoms with Gasteiger partial charge in [0, 0.05) is 0 Å². The number of aliphatic imine (C=N–C) groups is 1. The maximum atomic E-state index is 12.0. The fraction of sp³-hybridized carbons (Fsp3) is 0.0588. The first kappa shape index (κ1) is 14.4. The number of hydrogen-bond acceptors (Lipinski definition) is 4. The van der Waals surface area contributed by atoms with Gasteiger partial charge in [0.2, 0.25) is 0 Å². The standard InChI is InChI=1S/C17H14N2O2S/c1-11-2-4-12(5-3-11)10-15-16(21)19-17(22-15)18-13-6-8-14(20)9-7-13/h2-10,20H,1H3,(H,18,19,21)/b15-10+. The number of aryl methyl sites for hydroxylation is 1. The highest BCUT2D eigenvalue weighted by atomic mass is 32.2. The minimum Gasteiger partial charge on any atom is -0.508 e. The van der Waals surface area contributed by atoms with Gasteiger partial charge in [0.1, 0.15) is 5.75 Å². The van der Waals surface area contributed by atoms with Gasteiger partial charge in [0.25, 0.3) is 5.91 Å². The number of nitrogens with one attached hydrogen (secondary N) is 1. The first-order chi connectivity index (χ1) is 10.6. The lowest BCUT2D eigenvalue weighted by atomic mass is 10.1. The maximum absolute atomic E-state index is 12.0. The van der Waals surface area contributed by atoms with Crippen molar-refractivity contribution in [2.24, 2.45) is 4.99 Å². The number of phenolic OH excluding ortho intramolecular Hbond substituents is 1. The monoisotopic (exact) mass is 310 g/mol. The molecule has 0 spiro atoms. The Hall–Kier alpha value is -2.53. The molecule has 2 N–H and O–H groups in total. The van der Waals surface area contributed by atoms with Crippen LogP contribution < -0.4 is 5.32 Å². The molecule has 1 aliphatic rings. The van der Waals surface area contributed by atoms with Crippen LogP contribution in [0.15, 0.2) is 58.4 Å². The maximum Gasteiger partial charge on any atom is 0.264 e. The Kier molecular flexibility index (Phi) is 3.98. The van der Waals surface area contributed by atoms with Gasteiger partial charge in [0.05, 0.1) is 10.6 Å². The van der Waals surface area contributed by atoms with Crippen LogP contribution in [0, 0.1) is 6.92 Å². The lowest BCUT2D eigenvalue weighted by molar-refractivity contribution is -0.115. The van der Waals surface area contributed by atoms with Crippen LogP contribution in [0.1, 0.15) is 11.1 Å². The minimum absolute atomic E-state index is 0.150. The molecule has 3 rings (SSSR count). The molecule has 0 aromatic heterocycles. The summed E-state index contributed by atoms with van der Waals surface area (Å²) in [6, 6.07) is 14.5. The topological polar surface area (TPSA) is 61.7 Å². The van der Waals surface area contributed by atoms with E-state index in [1.165, 1.54) is 17.3 Å². The van der Waals surface area contributed by atoms with E-state index in [2.05, 4.69) is 10.3 Å². The van der Waals surface area contributed by atoms with Crippen LogP contribution in [0.2, 0.25) is 0 Å². The van der Waals surface area contributed by atoms with Crippen LogP contribution in [0.25, 0.3) is 6.08 Å². The summed E-state index contributed by atoms with van der Waals surface area (Å²) in [5.41, 5.74) is 2.84. The molecule has 0 radical (unpaired) electrons. The second kappa shape index (κ2) is 6.07. The molecule has 0 atom stereocenters. The van der Waals surface area contributed by atoms with Crippen LogP contribution in [-0.2, 0) is 4.79 Å². The fourth-order valence-electron chi connectivity index (χ4n) is 1.94. The number of thioether (sulfide) groups is 1. The molecular formula is C17H14N2O2S. The Morgan fingerprint density at radius 3 is 2.45 bits per heavy atom. The molecule has 110 valence electrons. The molecule has 2 aromatic carbocycles. The number of nitrogens with zero attached hydrogens (tertiary/aromatic N) is 1. The van der Waals surface area contributed by atoms with E-state index in [-0.39, 0.29) is 11.7 Å². The molecule has 1 amide bonds. The molecule has 2 aromatic rings. The van der Waals surface area contributed by atoms with Crippen molar-refractivity contribution in [3.05, 3.63) is 64.6 Å². The van der Waals surface area contributed by atoms with Gasteiger partial charge in [-0.3, -0.25) is 4.79 Å². The summed E-state index contributed by atoms with van der Waals surface area (Å²) in [6.07, 6.45) is 1.85. The molecule has 4 nitrogen and oxygen atoms in total. The average Bonchev–Trinajstić information content (AvgIpc) is 2.84. The minimum atomic E-state index is -0.150. The van der Waals surface area contributed by atoms with Gasteiger partial charge in [-0.25, -0.2) is 4.99 Å². The third kappa shape index (κ3) is 3.38. The van der Waals surface area contributed by atoms with Crippen LogP contribution in [-0.4, -0.2) is 16.2 Å². The number of carbonyl (C=O) groups is 1. The summed E-state index contributed by atoms with van der Waals surface area (Å²) in [4.78, 5) is 16.9. The number of benzene rings is 2. The van der Waals surface area contributed by atoms with E-state index < -0.39 is 0 Å². The molecule has 1 fully saturated rings. The summed E-state index contributed by atoms with van der Waals surface area (Å²) >= 11 is 1.30. The first-order valence-electron chi connectivity index (χ1n) is 6.75. The predicted octanol–water partition coefficient (Wildman–Crippen LogP) is 3.59. The lowest BCUT2D eigenvalue weighted by Crippen LogP contribution is -2.19. The molecule has 1 aliphatic heterocycles. The van der Waals surface area contributed by atoms with E-state index in [9.17, 15) is 9.90 Å². The van der Waals surface area contributed by atoms with Gasteiger partial charge in [-0.2, -0.15) is 0 Å². The van der Waals surface area contributed by atoms with E-state index in [1.807, 2.05) is 37.3 Å². The van der Waals surface area contributed by atoms with Gasteiger partial charge in [-0.1, -0.05) is 29.8 Å². The number of aromatic hydroxyl groups is 1. The summed E-state index contributed by atoms with van der Waals surface area (Å²) in [5.74, 6) is 0.0371. The van der Waals surface area contributed by atoms with Crippen molar-refractivity contribution in [3.63, 3.8) is 0 Å². The molecule has 1 heterocycles. The average molecular weight is 310 g/mol. The number of hydrogen-bond donors (Lipinski definition) is 2. The molecule has 0 aliphatic carbocycles. The molecule has 0 saturated carbocycles. The van der Waals surface area contributed by atoms with Gasteiger partial charge < -0.3 is 10.4 Å². The van der Waals surface area contributed by atoms with Gasteiger partial charge in [0.15, 0.2) is 5.17 Å². The third-order valence-electron chi connectivity index (χ3n) is 3.11. The van der Waals surface area contributed by atoms with E-state index in [0.717, 1.165) is 5.56 Å². The Morgan fingerprint density at radius 2 is 1.77 bits per heavy atom. The summed E-state index contributed by atoms with van der Waals surface area (Å²) in [5, 5.41) is 12.5. The smallest absolute Gasteiger partial charge is 0.264 e. The van der Waals surface area contributed by atoms with Crippen molar-refractivity contribution in [1.29, 1.82) is 0 Å². The molecular weight excluding hydrogens is 296 g/mol. The number of rotatable bonds is 2. The van der Waals surface area contributed by atoms with E-state index in [4.69, 9.17) is 0 Å².